The largest absolute Gasteiger partial charge is 0.464 e. The van der Waals surface area contributed by atoms with Crippen LogP contribution in [0.25, 0.3) is 0 Å². The summed E-state index contributed by atoms with van der Waals surface area (Å²) in [5, 5.41) is 0. The Balaban J connectivity index is 2.17. The molecule has 5 nitrogen and oxygen atoms in total. The van der Waals surface area contributed by atoms with Crippen LogP contribution in [0.15, 0.2) is 12.2 Å². The van der Waals surface area contributed by atoms with E-state index in [0.717, 1.165) is 24.2 Å². The number of carbonyl (C=O) groups excluding carboxylic acids is 3. The summed E-state index contributed by atoms with van der Waals surface area (Å²) in [4.78, 5) is 36.3. The van der Waals surface area contributed by atoms with Crippen molar-refractivity contribution in [3.8, 4) is 0 Å². The van der Waals surface area contributed by atoms with Gasteiger partial charge in [0, 0.05) is 12.2 Å². The van der Waals surface area contributed by atoms with Gasteiger partial charge in [-0.15, -0.1) is 0 Å². The third kappa shape index (κ3) is 6.55. The molecule has 0 saturated carbocycles. The molecule has 0 aromatic carbocycles. The molecule has 0 radical (unpaired) electrons. The Kier molecular flexibility index (Phi) is 9.25. The Hall–Kier alpha value is -1.65. The van der Waals surface area contributed by atoms with E-state index in [9.17, 15) is 14.4 Å². The van der Waals surface area contributed by atoms with Crippen LogP contribution in [0, 0.1) is 0 Å². The van der Waals surface area contributed by atoms with Crippen LogP contribution in [-0.4, -0.2) is 35.3 Å². The molecule has 1 aliphatic heterocycles. The lowest BCUT2D eigenvalue weighted by Crippen LogP contribution is -2.45. The lowest BCUT2D eigenvalue weighted by molar-refractivity contribution is -0.157. The lowest BCUT2D eigenvalue weighted by atomic mass is 10.1. The van der Waals surface area contributed by atoms with Crippen molar-refractivity contribution in [1.82, 2.24) is 4.90 Å². The lowest BCUT2D eigenvalue weighted by Gasteiger charge is -2.23. The van der Waals surface area contributed by atoms with Gasteiger partial charge in [-0.25, -0.2) is 4.79 Å². The number of ether oxygens (including phenoxy) is 1. The quantitative estimate of drug-likeness (QED) is 0.314. The predicted molar refractivity (Wildman–Crippen MR) is 88.6 cm³/mol. The molecule has 0 aromatic heterocycles. The van der Waals surface area contributed by atoms with E-state index in [4.69, 9.17) is 4.74 Å². The van der Waals surface area contributed by atoms with Gasteiger partial charge >= 0.3 is 5.97 Å². The van der Waals surface area contributed by atoms with Crippen molar-refractivity contribution >= 4 is 17.8 Å². The number of amides is 2. The van der Waals surface area contributed by atoms with Crippen LogP contribution < -0.4 is 0 Å². The smallest absolute Gasteiger partial charge is 0.329 e. The number of nitrogens with zero attached hydrogens (tertiary/aromatic N) is 1. The molecule has 5 heteroatoms. The minimum absolute atomic E-state index is 0.355. The molecule has 2 amide bonds. The summed E-state index contributed by atoms with van der Waals surface area (Å²) >= 11 is 0. The van der Waals surface area contributed by atoms with Crippen LogP contribution in [0.3, 0.4) is 0 Å². The van der Waals surface area contributed by atoms with Crippen LogP contribution in [0.1, 0.15) is 71.6 Å². The zero-order valence-corrected chi connectivity index (χ0v) is 14.4. The number of rotatable bonds is 12. The van der Waals surface area contributed by atoms with Crippen molar-refractivity contribution in [2.24, 2.45) is 0 Å². The molecule has 0 aliphatic carbocycles. The average molecular weight is 323 g/mol. The maximum atomic E-state index is 12.1. The van der Waals surface area contributed by atoms with Gasteiger partial charge in [-0.3, -0.25) is 14.5 Å². The van der Waals surface area contributed by atoms with E-state index in [2.05, 4.69) is 6.92 Å². The molecule has 0 spiro atoms. The Bertz CT molecular complexity index is 413. The number of unbranched alkanes of at least 4 members (excludes halogenated alkanes) is 7. The van der Waals surface area contributed by atoms with E-state index >= 15 is 0 Å². The summed E-state index contributed by atoms with van der Waals surface area (Å²) < 4.78 is 5.24. The van der Waals surface area contributed by atoms with Gasteiger partial charge in [0.15, 0.2) is 0 Å². The fraction of sp³-hybridized carbons (Fsp3) is 0.722. The average Bonchev–Trinajstić information content (AvgIpc) is 2.86. The van der Waals surface area contributed by atoms with E-state index in [1.807, 2.05) is 0 Å². The summed E-state index contributed by atoms with van der Waals surface area (Å²) in [5.41, 5.74) is 0. The highest BCUT2D eigenvalue weighted by molar-refractivity contribution is 6.14. The van der Waals surface area contributed by atoms with Crippen LogP contribution in [0.4, 0.5) is 0 Å². The minimum atomic E-state index is -0.806. The van der Waals surface area contributed by atoms with Crippen molar-refractivity contribution in [3.63, 3.8) is 0 Å². The fourth-order valence-electron chi connectivity index (χ4n) is 2.68. The molecule has 1 unspecified atom stereocenters. The molecule has 1 aliphatic rings. The first kappa shape index (κ1) is 19.4. The van der Waals surface area contributed by atoms with E-state index in [1.54, 1.807) is 6.92 Å². The second kappa shape index (κ2) is 11.0. The summed E-state index contributed by atoms with van der Waals surface area (Å²) in [7, 11) is 0. The van der Waals surface area contributed by atoms with Crippen LogP contribution in [0.2, 0.25) is 0 Å². The first-order chi connectivity index (χ1) is 11.1. The molecule has 1 heterocycles. The Morgan fingerprint density at radius 3 is 2.00 bits per heavy atom. The fourth-order valence-corrected chi connectivity index (χ4v) is 2.68. The van der Waals surface area contributed by atoms with Crippen LogP contribution >= 0.6 is 0 Å². The standard InChI is InChI=1S/C18H29NO4/c1-3-5-6-7-8-9-10-11-14-23-18(22)15(4-2)19-16(20)12-13-17(19)21/h12-13,15H,3-11,14H2,1-2H3. The number of hydrogen-bond acceptors (Lipinski definition) is 4. The Labute approximate surface area is 139 Å². The summed E-state index contributed by atoms with van der Waals surface area (Å²) in [5.74, 6) is -1.36. The molecule has 0 aromatic rings. The van der Waals surface area contributed by atoms with Gasteiger partial charge < -0.3 is 4.74 Å². The predicted octanol–water partition coefficient (Wildman–Crippen LogP) is 3.37. The van der Waals surface area contributed by atoms with Gasteiger partial charge in [0.1, 0.15) is 6.04 Å². The zero-order chi connectivity index (χ0) is 17.1. The van der Waals surface area contributed by atoms with Gasteiger partial charge in [0.05, 0.1) is 6.61 Å². The summed E-state index contributed by atoms with van der Waals surface area (Å²) in [6.45, 7) is 4.33. The van der Waals surface area contributed by atoms with Crippen molar-refractivity contribution < 1.29 is 19.1 Å². The van der Waals surface area contributed by atoms with Gasteiger partial charge in [-0.05, 0) is 12.8 Å². The van der Waals surface area contributed by atoms with Crippen LogP contribution in [0.5, 0.6) is 0 Å². The van der Waals surface area contributed by atoms with Gasteiger partial charge in [-0.1, -0.05) is 58.8 Å². The van der Waals surface area contributed by atoms with Crippen molar-refractivity contribution in [1.29, 1.82) is 0 Å². The second-order valence-electron chi connectivity index (χ2n) is 5.95. The first-order valence-electron chi connectivity index (χ1n) is 8.83. The number of imide groups is 1. The molecular formula is C18H29NO4. The Morgan fingerprint density at radius 2 is 1.48 bits per heavy atom. The van der Waals surface area contributed by atoms with Gasteiger partial charge in [-0.2, -0.15) is 0 Å². The topological polar surface area (TPSA) is 63.7 Å². The zero-order valence-electron chi connectivity index (χ0n) is 14.4. The van der Waals surface area contributed by atoms with E-state index < -0.39 is 23.8 Å². The van der Waals surface area contributed by atoms with Gasteiger partial charge in [0.2, 0.25) is 0 Å². The van der Waals surface area contributed by atoms with Crippen molar-refractivity contribution in [2.45, 2.75) is 77.7 Å². The summed E-state index contributed by atoms with van der Waals surface area (Å²) in [6.07, 6.45) is 12.1. The number of carbonyl (C=O) groups is 3. The minimum Gasteiger partial charge on any atom is -0.464 e. The molecule has 1 atom stereocenters. The highest BCUT2D eigenvalue weighted by atomic mass is 16.5. The highest BCUT2D eigenvalue weighted by Crippen LogP contribution is 2.14. The molecule has 23 heavy (non-hydrogen) atoms. The normalized spacial score (nSPS) is 15.3. The molecule has 0 fully saturated rings. The molecule has 130 valence electrons. The monoisotopic (exact) mass is 323 g/mol. The summed E-state index contributed by atoms with van der Waals surface area (Å²) in [6, 6.07) is -0.806. The highest BCUT2D eigenvalue weighted by Gasteiger charge is 2.35. The van der Waals surface area contributed by atoms with E-state index in [0.29, 0.717) is 13.0 Å². The Morgan fingerprint density at radius 1 is 0.957 bits per heavy atom. The third-order valence-corrected chi connectivity index (χ3v) is 4.06. The molecule has 0 N–H and O–H groups in total. The maximum Gasteiger partial charge on any atom is 0.329 e. The maximum absolute atomic E-state index is 12.1. The number of esters is 1. The van der Waals surface area contributed by atoms with Crippen molar-refractivity contribution in [2.75, 3.05) is 6.61 Å². The van der Waals surface area contributed by atoms with E-state index in [-0.39, 0.29) is 0 Å². The molecular weight excluding hydrogens is 294 g/mol. The van der Waals surface area contributed by atoms with E-state index in [1.165, 1.54) is 44.3 Å². The molecule has 1 rings (SSSR count). The third-order valence-electron chi connectivity index (χ3n) is 4.06. The van der Waals surface area contributed by atoms with Gasteiger partial charge in [0.25, 0.3) is 11.8 Å². The SMILES string of the molecule is CCCCCCCCCCOC(=O)C(CC)N1C(=O)C=CC1=O. The molecule has 0 bridgehead atoms. The molecule has 0 saturated heterocycles. The van der Waals surface area contributed by atoms with Crippen molar-refractivity contribution in [3.05, 3.63) is 12.2 Å². The number of hydrogen-bond donors (Lipinski definition) is 0. The first-order valence-corrected chi connectivity index (χ1v) is 8.83. The second-order valence-corrected chi connectivity index (χ2v) is 5.95. The van der Waals surface area contributed by atoms with Crippen LogP contribution in [-0.2, 0) is 19.1 Å².